The standard InChI is InChI=1S/C15H13N5OS/c1-19(2)11-6-3-5-10(9-11)14-18-20-13(12-7-4-8-21-12)16-17-15(20)22-14/h3-9H,1-2H3. The van der Waals surface area contributed by atoms with Gasteiger partial charge in [0.1, 0.15) is 5.01 Å². The molecule has 0 aliphatic carbocycles. The molecule has 0 spiro atoms. The second-order valence-electron chi connectivity index (χ2n) is 5.05. The molecule has 0 aliphatic rings. The summed E-state index contributed by atoms with van der Waals surface area (Å²) in [7, 11) is 4.04. The van der Waals surface area contributed by atoms with Gasteiger partial charge in [-0.05, 0) is 24.3 Å². The number of rotatable bonds is 3. The fraction of sp³-hybridized carbons (Fsp3) is 0.133. The summed E-state index contributed by atoms with van der Waals surface area (Å²) in [5, 5.41) is 13.8. The molecular formula is C15H13N5OS. The summed E-state index contributed by atoms with van der Waals surface area (Å²) >= 11 is 1.51. The van der Waals surface area contributed by atoms with E-state index < -0.39 is 0 Å². The van der Waals surface area contributed by atoms with Crippen molar-refractivity contribution in [3.63, 3.8) is 0 Å². The molecule has 0 amide bonds. The van der Waals surface area contributed by atoms with Gasteiger partial charge in [-0.25, -0.2) is 0 Å². The Morgan fingerprint density at radius 2 is 2.05 bits per heavy atom. The quantitative estimate of drug-likeness (QED) is 0.581. The lowest BCUT2D eigenvalue weighted by atomic mass is 10.2. The second-order valence-corrected chi connectivity index (χ2v) is 6.00. The molecule has 0 radical (unpaired) electrons. The highest BCUT2D eigenvalue weighted by Crippen LogP contribution is 2.29. The van der Waals surface area contributed by atoms with Gasteiger partial charge in [-0.1, -0.05) is 23.5 Å². The minimum Gasteiger partial charge on any atom is -0.461 e. The van der Waals surface area contributed by atoms with Crippen LogP contribution in [-0.2, 0) is 0 Å². The first-order valence-corrected chi connectivity index (χ1v) is 7.58. The first kappa shape index (κ1) is 13.0. The van der Waals surface area contributed by atoms with Gasteiger partial charge in [0.05, 0.1) is 6.26 Å². The molecule has 7 heteroatoms. The summed E-state index contributed by atoms with van der Waals surface area (Å²) in [6.07, 6.45) is 1.62. The van der Waals surface area contributed by atoms with Crippen molar-refractivity contribution in [2.45, 2.75) is 0 Å². The molecule has 3 aromatic heterocycles. The fourth-order valence-electron chi connectivity index (χ4n) is 2.21. The lowest BCUT2D eigenvalue weighted by Gasteiger charge is -2.12. The van der Waals surface area contributed by atoms with Crippen molar-refractivity contribution in [3.8, 4) is 22.2 Å². The number of furan rings is 1. The van der Waals surface area contributed by atoms with Gasteiger partial charge in [0.15, 0.2) is 5.76 Å². The van der Waals surface area contributed by atoms with E-state index in [9.17, 15) is 0 Å². The van der Waals surface area contributed by atoms with E-state index in [-0.39, 0.29) is 0 Å². The maximum absolute atomic E-state index is 5.39. The van der Waals surface area contributed by atoms with Gasteiger partial charge >= 0.3 is 0 Å². The van der Waals surface area contributed by atoms with Crippen LogP contribution in [0, 0.1) is 0 Å². The zero-order valence-corrected chi connectivity index (χ0v) is 12.9. The van der Waals surface area contributed by atoms with Gasteiger partial charge in [-0.3, -0.25) is 0 Å². The Balaban J connectivity index is 1.82. The maximum Gasteiger partial charge on any atom is 0.235 e. The van der Waals surface area contributed by atoms with Crippen molar-refractivity contribution < 1.29 is 4.42 Å². The highest BCUT2D eigenvalue weighted by molar-refractivity contribution is 7.19. The zero-order chi connectivity index (χ0) is 15.1. The summed E-state index contributed by atoms with van der Waals surface area (Å²) in [6.45, 7) is 0. The Morgan fingerprint density at radius 1 is 1.14 bits per heavy atom. The van der Waals surface area contributed by atoms with Gasteiger partial charge in [0.2, 0.25) is 10.8 Å². The van der Waals surface area contributed by atoms with E-state index in [1.807, 2.05) is 38.4 Å². The highest BCUT2D eigenvalue weighted by Gasteiger charge is 2.16. The largest absolute Gasteiger partial charge is 0.461 e. The van der Waals surface area contributed by atoms with Gasteiger partial charge in [-0.15, -0.1) is 10.2 Å². The molecule has 3 heterocycles. The van der Waals surface area contributed by atoms with Crippen LogP contribution < -0.4 is 4.90 Å². The Morgan fingerprint density at radius 3 is 2.82 bits per heavy atom. The Bertz CT molecular complexity index is 923. The summed E-state index contributed by atoms with van der Waals surface area (Å²) in [6, 6.07) is 11.9. The average molecular weight is 311 g/mol. The molecule has 22 heavy (non-hydrogen) atoms. The van der Waals surface area contributed by atoms with Crippen LogP contribution in [0.5, 0.6) is 0 Å². The van der Waals surface area contributed by atoms with E-state index in [2.05, 4.69) is 32.3 Å². The van der Waals surface area contributed by atoms with E-state index in [4.69, 9.17) is 4.42 Å². The van der Waals surface area contributed by atoms with Crippen LogP contribution in [0.1, 0.15) is 0 Å². The normalized spacial score (nSPS) is 11.2. The average Bonchev–Trinajstić information content (AvgIpc) is 3.23. The summed E-state index contributed by atoms with van der Waals surface area (Å²) in [5.41, 5.74) is 2.20. The number of aromatic nitrogens is 4. The SMILES string of the molecule is CN(C)c1cccc(-c2nn3c(-c4ccco4)nnc3s2)c1. The number of fused-ring (bicyclic) bond motifs is 1. The molecule has 0 fully saturated rings. The van der Waals surface area contributed by atoms with Crippen molar-refractivity contribution in [3.05, 3.63) is 42.7 Å². The van der Waals surface area contributed by atoms with Gasteiger partial charge < -0.3 is 9.32 Å². The predicted molar refractivity (Wildman–Crippen MR) is 86.1 cm³/mol. The molecule has 6 nitrogen and oxygen atoms in total. The molecule has 1 aromatic carbocycles. The smallest absolute Gasteiger partial charge is 0.235 e. The molecule has 4 rings (SSSR count). The molecule has 110 valence electrons. The van der Waals surface area contributed by atoms with Crippen molar-refractivity contribution in [1.29, 1.82) is 0 Å². The number of hydrogen-bond donors (Lipinski definition) is 0. The number of benzene rings is 1. The lowest BCUT2D eigenvalue weighted by molar-refractivity contribution is 0.575. The van der Waals surface area contributed by atoms with E-state index >= 15 is 0 Å². The Kier molecular flexibility index (Phi) is 2.93. The Labute approximate surface area is 130 Å². The van der Waals surface area contributed by atoms with Crippen LogP contribution in [0.3, 0.4) is 0 Å². The molecule has 0 N–H and O–H groups in total. The monoisotopic (exact) mass is 311 g/mol. The topological polar surface area (TPSA) is 59.5 Å². The Hall–Kier alpha value is -2.67. The second kappa shape index (κ2) is 4.96. The summed E-state index contributed by atoms with van der Waals surface area (Å²) < 4.78 is 7.11. The molecule has 4 aromatic rings. The molecule has 0 bridgehead atoms. The molecule has 0 aliphatic heterocycles. The zero-order valence-electron chi connectivity index (χ0n) is 12.1. The van der Waals surface area contributed by atoms with Gasteiger partial charge in [0.25, 0.3) is 0 Å². The first-order chi connectivity index (χ1) is 10.7. The van der Waals surface area contributed by atoms with Crippen LogP contribution in [0.25, 0.3) is 27.1 Å². The maximum atomic E-state index is 5.39. The van der Waals surface area contributed by atoms with Crippen molar-refractivity contribution >= 4 is 22.0 Å². The van der Waals surface area contributed by atoms with Crippen LogP contribution in [0.2, 0.25) is 0 Å². The van der Waals surface area contributed by atoms with Crippen LogP contribution in [0.4, 0.5) is 5.69 Å². The first-order valence-electron chi connectivity index (χ1n) is 6.76. The molecule has 0 saturated carbocycles. The van der Waals surface area contributed by atoms with Crippen molar-refractivity contribution in [1.82, 2.24) is 19.8 Å². The third-order valence-electron chi connectivity index (χ3n) is 3.34. The van der Waals surface area contributed by atoms with Crippen LogP contribution in [-0.4, -0.2) is 33.9 Å². The fourth-order valence-corrected chi connectivity index (χ4v) is 3.05. The van der Waals surface area contributed by atoms with E-state index in [1.165, 1.54) is 11.3 Å². The molecule has 0 atom stereocenters. The molecule has 0 saturated heterocycles. The third kappa shape index (κ3) is 2.06. The predicted octanol–water partition coefficient (Wildman–Crippen LogP) is 3.18. The number of nitrogens with zero attached hydrogens (tertiary/aromatic N) is 5. The van der Waals surface area contributed by atoms with E-state index in [0.717, 1.165) is 21.2 Å². The molecular weight excluding hydrogens is 298 g/mol. The highest BCUT2D eigenvalue weighted by atomic mass is 32.1. The van der Waals surface area contributed by atoms with Crippen LogP contribution in [0.15, 0.2) is 47.1 Å². The van der Waals surface area contributed by atoms with Crippen molar-refractivity contribution in [2.24, 2.45) is 0 Å². The minimum atomic E-state index is 0.617. The van der Waals surface area contributed by atoms with E-state index in [0.29, 0.717) is 11.6 Å². The number of anilines is 1. The molecule has 0 unspecified atom stereocenters. The van der Waals surface area contributed by atoms with Crippen molar-refractivity contribution in [2.75, 3.05) is 19.0 Å². The van der Waals surface area contributed by atoms with Crippen LogP contribution >= 0.6 is 11.3 Å². The number of hydrogen-bond acceptors (Lipinski definition) is 6. The lowest BCUT2D eigenvalue weighted by Crippen LogP contribution is -2.08. The van der Waals surface area contributed by atoms with Gasteiger partial charge in [-0.2, -0.15) is 9.61 Å². The van der Waals surface area contributed by atoms with E-state index in [1.54, 1.807) is 10.8 Å². The minimum absolute atomic E-state index is 0.617. The van der Waals surface area contributed by atoms with Gasteiger partial charge in [0, 0.05) is 25.3 Å². The summed E-state index contributed by atoms with van der Waals surface area (Å²) in [5.74, 6) is 1.28. The third-order valence-corrected chi connectivity index (χ3v) is 4.29. The summed E-state index contributed by atoms with van der Waals surface area (Å²) in [4.78, 5) is 2.81.